The quantitative estimate of drug-likeness (QED) is 0.720. The van der Waals surface area contributed by atoms with Crippen molar-refractivity contribution in [1.29, 1.82) is 0 Å². The second-order valence-corrected chi connectivity index (χ2v) is 5.50. The lowest BCUT2D eigenvalue weighted by Crippen LogP contribution is -2.31. The maximum absolute atomic E-state index is 12.1. The van der Waals surface area contributed by atoms with Gasteiger partial charge in [0.05, 0.1) is 14.2 Å². The number of ether oxygens (including phenoxy) is 2. The summed E-state index contributed by atoms with van der Waals surface area (Å²) in [4.78, 5) is 12.1. The molecule has 0 aliphatic carbocycles. The largest absolute Gasteiger partial charge is 0.493 e. The fourth-order valence-electron chi connectivity index (χ4n) is 2.21. The molecule has 0 atom stereocenters. The third-order valence-corrected chi connectivity index (χ3v) is 3.88. The minimum absolute atomic E-state index is 0.157. The average molecular weight is 349 g/mol. The van der Waals surface area contributed by atoms with Gasteiger partial charge in [0.2, 0.25) is 0 Å². The smallest absolute Gasteiger partial charge is 0.251 e. The molecule has 0 fully saturated rings. The fourth-order valence-corrected chi connectivity index (χ4v) is 2.41. The fraction of sp³-hybridized carbons (Fsp3) is 0.278. The topological polar surface area (TPSA) is 59.6 Å². The Hall–Kier alpha value is -2.24. The first kappa shape index (κ1) is 18.1. The van der Waals surface area contributed by atoms with Crippen LogP contribution in [0.1, 0.15) is 15.9 Å². The molecule has 0 saturated heterocycles. The van der Waals surface area contributed by atoms with Gasteiger partial charge in [-0.25, -0.2) is 0 Å². The molecule has 0 aromatic heterocycles. The van der Waals surface area contributed by atoms with Crippen molar-refractivity contribution in [3.63, 3.8) is 0 Å². The summed E-state index contributed by atoms with van der Waals surface area (Å²) in [5, 5.41) is 6.84. The molecule has 2 aromatic carbocycles. The Bertz CT molecular complexity index is 692. The second kappa shape index (κ2) is 9.15. The van der Waals surface area contributed by atoms with Crippen LogP contribution in [-0.2, 0) is 6.54 Å². The van der Waals surface area contributed by atoms with Crippen LogP contribution >= 0.6 is 11.6 Å². The zero-order chi connectivity index (χ0) is 17.4. The first-order chi connectivity index (χ1) is 11.7. The van der Waals surface area contributed by atoms with E-state index in [0.717, 1.165) is 10.6 Å². The van der Waals surface area contributed by atoms with Crippen LogP contribution in [0.2, 0.25) is 5.02 Å². The molecule has 24 heavy (non-hydrogen) atoms. The molecule has 1 amide bonds. The summed E-state index contributed by atoms with van der Waals surface area (Å²) < 4.78 is 10.4. The number of carbonyl (C=O) groups is 1. The van der Waals surface area contributed by atoms with Crippen LogP contribution in [0.15, 0.2) is 42.5 Å². The molecule has 0 aliphatic heterocycles. The minimum Gasteiger partial charge on any atom is -0.493 e. The lowest BCUT2D eigenvalue weighted by Gasteiger charge is -2.10. The van der Waals surface area contributed by atoms with E-state index < -0.39 is 0 Å². The van der Waals surface area contributed by atoms with Crippen molar-refractivity contribution in [1.82, 2.24) is 10.6 Å². The number of methoxy groups -OCH3 is 2. The van der Waals surface area contributed by atoms with Crippen LogP contribution in [0.3, 0.4) is 0 Å². The Morgan fingerprint density at radius 2 is 1.79 bits per heavy atom. The van der Waals surface area contributed by atoms with Crippen molar-refractivity contribution in [3.8, 4) is 11.5 Å². The highest BCUT2D eigenvalue weighted by molar-refractivity contribution is 6.31. The summed E-state index contributed by atoms with van der Waals surface area (Å²) in [6.07, 6.45) is 0. The van der Waals surface area contributed by atoms with E-state index in [4.69, 9.17) is 21.1 Å². The summed E-state index contributed by atoms with van der Waals surface area (Å²) in [5.74, 6) is 0.966. The summed E-state index contributed by atoms with van der Waals surface area (Å²) in [7, 11) is 3.10. The van der Waals surface area contributed by atoms with E-state index in [-0.39, 0.29) is 5.91 Å². The number of amides is 1. The van der Waals surface area contributed by atoms with Crippen molar-refractivity contribution < 1.29 is 14.3 Å². The molecule has 2 rings (SSSR count). The third kappa shape index (κ3) is 4.88. The summed E-state index contributed by atoms with van der Waals surface area (Å²) in [6.45, 7) is 1.81. The van der Waals surface area contributed by atoms with E-state index in [9.17, 15) is 4.79 Å². The molecule has 2 aromatic rings. The molecule has 128 valence electrons. The van der Waals surface area contributed by atoms with Crippen LogP contribution in [0.5, 0.6) is 11.5 Å². The first-order valence-electron chi connectivity index (χ1n) is 7.60. The second-order valence-electron chi connectivity index (χ2n) is 5.09. The van der Waals surface area contributed by atoms with Gasteiger partial charge < -0.3 is 20.1 Å². The Balaban J connectivity index is 1.78. The normalized spacial score (nSPS) is 10.3. The Morgan fingerprint density at radius 3 is 2.50 bits per heavy atom. The number of carbonyl (C=O) groups excluding carboxylic acids is 1. The number of hydrogen-bond acceptors (Lipinski definition) is 4. The van der Waals surface area contributed by atoms with Crippen molar-refractivity contribution in [2.45, 2.75) is 6.54 Å². The van der Waals surface area contributed by atoms with E-state index in [1.165, 1.54) is 7.11 Å². The van der Waals surface area contributed by atoms with E-state index in [1.807, 2.05) is 24.3 Å². The SMILES string of the molecule is COc1ccc(C(=O)NCCNCc2ccccc2Cl)cc1OC. The van der Waals surface area contributed by atoms with Gasteiger partial charge >= 0.3 is 0 Å². The van der Waals surface area contributed by atoms with Gasteiger partial charge in [-0.1, -0.05) is 29.8 Å². The average Bonchev–Trinajstić information content (AvgIpc) is 2.62. The van der Waals surface area contributed by atoms with Crippen LogP contribution in [0, 0.1) is 0 Å². The number of hydrogen-bond donors (Lipinski definition) is 2. The molecular weight excluding hydrogens is 328 g/mol. The van der Waals surface area contributed by atoms with Crippen LogP contribution in [-0.4, -0.2) is 33.2 Å². The molecule has 0 spiro atoms. The minimum atomic E-state index is -0.157. The molecule has 0 aliphatic rings. The van der Waals surface area contributed by atoms with Crippen LogP contribution in [0.25, 0.3) is 0 Å². The number of nitrogens with one attached hydrogen (secondary N) is 2. The highest BCUT2D eigenvalue weighted by Crippen LogP contribution is 2.27. The molecule has 6 heteroatoms. The predicted molar refractivity (Wildman–Crippen MR) is 95.0 cm³/mol. The van der Waals surface area contributed by atoms with Gasteiger partial charge in [0.25, 0.3) is 5.91 Å². The first-order valence-corrected chi connectivity index (χ1v) is 7.98. The zero-order valence-corrected chi connectivity index (χ0v) is 14.5. The van der Waals surface area contributed by atoms with Crippen LogP contribution < -0.4 is 20.1 Å². The van der Waals surface area contributed by atoms with Gasteiger partial charge in [-0.2, -0.15) is 0 Å². The van der Waals surface area contributed by atoms with Crippen molar-refractivity contribution in [2.24, 2.45) is 0 Å². The van der Waals surface area contributed by atoms with Gasteiger partial charge in [-0.05, 0) is 29.8 Å². The van der Waals surface area contributed by atoms with Crippen molar-refractivity contribution >= 4 is 17.5 Å². The predicted octanol–water partition coefficient (Wildman–Crippen LogP) is 2.88. The lowest BCUT2D eigenvalue weighted by molar-refractivity contribution is 0.0953. The molecule has 2 N–H and O–H groups in total. The molecule has 0 radical (unpaired) electrons. The summed E-state index contributed by atoms with van der Waals surface area (Å²) in [6, 6.07) is 12.7. The van der Waals surface area contributed by atoms with Crippen molar-refractivity contribution in [3.05, 3.63) is 58.6 Å². The van der Waals surface area contributed by atoms with Crippen LogP contribution in [0.4, 0.5) is 0 Å². The number of benzene rings is 2. The molecule has 0 unspecified atom stereocenters. The summed E-state index contributed by atoms with van der Waals surface area (Å²) >= 11 is 6.09. The molecule has 5 nitrogen and oxygen atoms in total. The third-order valence-electron chi connectivity index (χ3n) is 3.51. The maximum atomic E-state index is 12.1. The Kier molecular flexibility index (Phi) is 6.90. The lowest BCUT2D eigenvalue weighted by atomic mass is 10.2. The highest BCUT2D eigenvalue weighted by atomic mass is 35.5. The Labute approximate surface area is 146 Å². The number of halogens is 1. The van der Waals surface area contributed by atoms with Crippen molar-refractivity contribution in [2.75, 3.05) is 27.3 Å². The molecular formula is C18H21ClN2O3. The molecule has 0 heterocycles. The van der Waals surface area contributed by atoms with Gasteiger partial charge in [0.15, 0.2) is 11.5 Å². The summed E-state index contributed by atoms with van der Waals surface area (Å²) in [5.41, 5.74) is 1.56. The van der Waals surface area contributed by atoms with Gasteiger partial charge in [-0.3, -0.25) is 4.79 Å². The highest BCUT2D eigenvalue weighted by Gasteiger charge is 2.10. The van der Waals surface area contributed by atoms with Gasteiger partial charge in [0.1, 0.15) is 0 Å². The van der Waals surface area contributed by atoms with E-state index in [0.29, 0.717) is 36.7 Å². The maximum Gasteiger partial charge on any atom is 0.251 e. The zero-order valence-electron chi connectivity index (χ0n) is 13.8. The number of rotatable bonds is 8. The monoisotopic (exact) mass is 348 g/mol. The van der Waals surface area contributed by atoms with Gasteiger partial charge in [-0.15, -0.1) is 0 Å². The van der Waals surface area contributed by atoms with Gasteiger partial charge in [0, 0.05) is 30.2 Å². The molecule has 0 saturated carbocycles. The van der Waals surface area contributed by atoms with E-state index >= 15 is 0 Å². The molecule has 0 bridgehead atoms. The van der Waals surface area contributed by atoms with E-state index in [1.54, 1.807) is 25.3 Å². The Morgan fingerprint density at radius 1 is 1.04 bits per heavy atom. The standard InChI is InChI=1S/C18H21ClN2O3/c1-23-16-8-7-13(11-17(16)24-2)18(22)21-10-9-20-12-14-5-3-4-6-15(14)19/h3-8,11,20H,9-10,12H2,1-2H3,(H,21,22). The van der Waals surface area contributed by atoms with E-state index in [2.05, 4.69) is 10.6 Å².